The molecule has 1 aliphatic rings. The molecule has 1 fully saturated rings. The molecular weight excluding hydrogens is 284 g/mol. The van der Waals surface area contributed by atoms with Crippen molar-refractivity contribution in [2.75, 3.05) is 6.54 Å². The fourth-order valence-electron chi connectivity index (χ4n) is 3.18. The van der Waals surface area contributed by atoms with Gasteiger partial charge in [0.1, 0.15) is 0 Å². The number of sulfonamides is 1. The van der Waals surface area contributed by atoms with Crippen LogP contribution in [0.3, 0.4) is 0 Å². The van der Waals surface area contributed by atoms with E-state index in [2.05, 4.69) is 18.6 Å². The van der Waals surface area contributed by atoms with E-state index >= 15 is 0 Å². The van der Waals surface area contributed by atoms with E-state index in [-0.39, 0.29) is 12.0 Å². The zero-order chi connectivity index (χ0) is 15.5. The van der Waals surface area contributed by atoms with Crippen LogP contribution in [0.2, 0.25) is 0 Å². The van der Waals surface area contributed by atoms with Crippen LogP contribution in [-0.2, 0) is 22.9 Å². The lowest BCUT2D eigenvalue weighted by Gasteiger charge is -2.20. The monoisotopic (exact) mass is 310 g/mol. The van der Waals surface area contributed by atoms with Crippen LogP contribution in [0.5, 0.6) is 0 Å². The summed E-state index contributed by atoms with van der Waals surface area (Å²) in [5.41, 5.74) is 8.06. The van der Waals surface area contributed by atoms with Crippen LogP contribution >= 0.6 is 0 Å². The van der Waals surface area contributed by atoms with Gasteiger partial charge in [-0.1, -0.05) is 26.3 Å². The Hall–Kier alpha value is -0.910. The van der Waals surface area contributed by atoms with Crippen LogP contribution in [0.15, 0.2) is 23.1 Å². The molecule has 2 rings (SSSR count). The molecule has 2 atom stereocenters. The molecule has 0 spiro atoms. The Kier molecular flexibility index (Phi) is 5.41. The molecule has 5 heteroatoms. The second kappa shape index (κ2) is 6.90. The summed E-state index contributed by atoms with van der Waals surface area (Å²) in [6.07, 6.45) is 4.72. The summed E-state index contributed by atoms with van der Waals surface area (Å²) < 4.78 is 28.0. The van der Waals surface area contributed by atoms with Crippen LogP contribution in [0.25, 0.3) is 0 Å². The smallest absolute Gasteiger partial charge is 0.240 e. The van der Waals surface area contributed by atoms with Crippen LogP contribution < -0.4 is 10.5 Å². The van der Waals surface area contributed by atoms with Gasteiger partial charge < -0.3 is 5.73 Å². The molecule has 0 aromatic heterocycles. The summed E-state index contributed by atoms with van der Waals surface area (Å²) in [6.45, 7) is 4.69. The first kappa shape index (κ1) is 16.5. The standard InChI is InChI=1S/C16H26N2O2S/c1-3-12-8-9-15(10-13(12)4-2)21(19,20)18-16-7-5-6-14(16)11-17/h8-10,14,16,18H,3-7,11,17H2,1-2H3. The topological polar surface area (TPSA) is 72.2 Å². The fraction of sp³-hybridized carbons (Fsp3) is 0.625. The summed E-state index contributed by atoms with van der Waals surface area (Å²) in [5, 5.41) is 0. The average Bonchev–Trinajstić information content (AvgIpc) is 2.92. The number of hydrogen-bond donors (Lipinski definition) is 2. The number of nitrogens with one attached hydrogen (secondary N) is 1. The maximum atomic E-state index is 12.6. The minimum absolute atomic E-state index is 0.0177. The molecule has 4 nitrogen and oxygen atoms in total. The Labute approximate surface area is 128 Å². The van der Waals surface area contributed by atoms with E-state index in [1.165, 1.54) is 5.56 Å². The van der Waals surface area contributed by atoms with Crippen molar-refractivity contribution in [1.29, 1.82) is 0 Å². The summed E-state index contributed by atoms with van der Waals surface area (Å²) in [4.78, 5) is 0.374. The molecule has 0 bridgehead atoms. The maximum Gasteiger partial charge on any atom is 0.240 e. The predicted molar refractivity (Wildman–Crippen MR) is 85.7 cm³/mol. The number of aryl methyl sites for hydroxylation is 2. The predicted octanol–water partition coefficient (Wildman–Crippen LogP) is 2.22. The van der Waals surface area contributed by atoms with Gasteiger partial charge in [-0.2, -0.15) is 0 Å². The summed E-state index contributed by atoms with van der Waals surface area (Å²) >= 11 is 0. The van der Waals surface area contributed by atoms with Gasteiger partial charge in [0.25, 0.3) is 0 Å². The highest BCUT2D eigenvalue weighted by Crippen LogP contribution is 2.26. The molecule has 0 amide bonds. The van der Waals surface area contributed by atoms with E-state index in [4.69, 9.17) is 5.73 Å². The van der Waals surface area contributed by atoms with E-state index in [9.17, 15) is 8.42 Å². The minimum Gasteiger partial charge on any atom is -0.330 e. The zero-order valence-electron chi connectivity index (χ0n) is 12.9. The second-order valence-electron chi connectivity index (χ2n) is 5.79. The highest BCUT2D eigenvalue weighted by molar-refractivity contribution is 7.89. The third kappa shape index (κ3) is 3.65. The molecule has 1 aliphatic carbocycles. The molecule has 21 heavy (non-hydrogen) atoms. The van der Waals surface area contributed by atoms with Crippen molar-refractivity contribution in [3.05, 3.63) is 29.3 Å². The van der Waals surface area contributed by atoms with Gasteiger partial charge >= 0.3 is 0 Å². The molecule has 0 heterocycles. The van der Waals surface area contributed by atoms with Gasteiger partial charge in [-0.15, -0.1) is 0 Å². The number of nitrogens with two attached hydrogens (primary N) is 1. The molecule has 2 unspecified atom stereocenters. The van der Waals surface area contributed by atoms with Gasteiger partial charge in [-0.3, -0.25) is 0 Å². The molecule has 118 valence electrons. The molecule has 1 aromatic rings. The largest absolute Gasteiger partial charge is 0.330 e. The van der Waals surface area contributed by atoms with Crippen molar-refractivity contribution in [2.45, 2.75) is 56.9 Å². The molecule has 0 radical (unpaired) electrons. The summed E-state index contributed by atoms with van der Waals surface area (Å²) in [6, 6.07) is 5.44. The van der Waals surface area contributed by atoms with Crippen molar-refractivity contribution in [3.8, 4) is 0 Å². The summed E-state index contributed by atoms with van der Waals surface area (Å²) in [5.74, 6) is 0.264. The van der Waals surface area contributed by atoms with Gasteiger partial charge in [-0.05, 0) is 61.4 Å². The first-order valence-electron chi connectivity index (χ1n) is 7.86. The van der Waals surface area contributed by atoms with Crippen molar-refractivity contribution >= 4 is 10.0 Å². The molecule has 0 aliphatic heterocycles. The normalized spacial score (nSPS) is 22.6. The average molecular weight is 310 g/mol. The van der Waals surface area contributed by atoms with E-state index in [0.717, 1.165) is 37.7 Å². The Bertz CT molecular complexity index is 584. The molecule has 3 N–H and O–H groups in total. The van der Waals surface area contributed by atoms with Gasteiger partial charge in [0.15, 0.2) is 0 Å². The maximum absolute atomic E-state index is 12.6. The third-order valence-electron chi connectivity index (χ3n) is 4.52. The van der Waals surface area contributed by atoms with Crippen molar-refractivity contribution in [3.63, 3.8) is 0 Å². The van der Waals surface area contributed by atoms with Crippen LogP contribution in [0.1, 0.15) is 44.2 Å². The molecule has 1 aromatic carbocycles. The van der Waals surface area contributed by atoms with E-state index in [0.29, 0.717) is 11.4 Å². The van der Waals surface area contributed by atoms with E-state index in [1.54, 1.807) is 6.07 Å². The van der Waals surface area contributed by atoms with Crippen LogP contribution in [-0.4, -0.2) is 21.0 Å². The second-order valence-corrected chi connectivity index (χ2v) is 7.51. The van der Waals surface area contributed by atoms with Crippen LogP contribution in [0, 0.1) is 5.92 Å². The first-order valence-corrected chi connectivity index (χ1v) is 9.34. The Morgan fingerprint density at radius 3 is 2.52 bits per heavy atom. The first-order chi connectivity index (χ1) is 10.0. The molecule has 0 saturated heterocycles. The van der Waals surface area contributed by atoms with E-state index in [1.807, 2.05) is 12.1 Å². The zero-order valence-corrected chi connectivity index (χ0v) is 13.7. The molecule has 1 saturated carbocycles. The Balaban J connectivity index is 2.23. The van der Waals surface area contributed by atoms with Crippen molar-refractivity contribution in [2.24, 2.45) is 11.7 Å². The Morgan fingerprint density at radius 2 is 1.90 bits per heavy atom. The Morgan fingerprint density at radius 1 is 1.19 bits per heavy atom. The van der Waals surface area contributed by atoms with Gasteiger partial charge in [0.05, 0.1) is 4.90 Å². The van der Waals surface area contributed by atoms with Gasteiger partial charge in [-0.25, -0.2) is 13.1 Å². The van der Waals surface area contributed by atoms with E-state index < -0.39 is 10.0 Å². The van der Waals surface area contributed by atoms with Crippen LogP contribution in [0.4, 0.5) is 0 Å². The highest BCUT2D eigenvalue weighted by Gasteiger charge is 2.30. The van der Waals surface area contributed by atoms with Gasteiger partial charge in [0, 0.05) is 6.04 Å². The SMILES string of the molecule is CCc1ccc(S(=O)(=O)NC2CCCC2CN)cc1CC. The third-order valence-corrected chi connectivity index (χ3v) is 6.01. The lowest BCUT2D eigenvalue weighted by molar-refractivity contribution is 0.453. The fourth-order valence-corrected chi connectivity index (χ4v) is 4.57. The van der Waals surface area contributed by atoms with Crippen molar-refractivity contribution < 1.29 is 8.42 Å². The number of rotatable bonds is 6. The lowest BCUT2D eigenvalue weighted by Crippen LogP contribution is -2.39. The minimum atomic E-state index is -3.45. The lowest BCUT2D eigenvalue weighted by atomic mass is 10.0. The quantitative estimate of drug-likeness (QED) is 0.846. The number of benzene rings is 1. The highest BCUT2D eigenvalue weighted by atomic mass is 32.2. The summed E-state index contributed by atoms with van der Waals surface area (Å²) in [7, 11) is -3.45. The van der Waals surface area contributed by atoms with Gasteiger partial charge in [0.2, 0.25) is 10.0 Å². The molecular formula is C16H26N2O2S. The number of hydrogen-bond acceptors (Lipinski definition) is 3. The van der Waals surface area contributed by atoms with Crippen molar-refractivity contribution in [1.82, 2.24) is 4.72 Å².